The molecule has 0 heterocycles. The SMILES string of the molecule is O=C(OCc1ccccc1)N(C[C@H](O)CO)[C@H](COCc1ccccc1)CS(=O)(=O)c1ccccc1. The van der Waals surface area contributed by atoms with Crippen molar-refractivity contribution in [3.05, 3.63) is 102 Å². The summed E-state index contributed by atoms with van der Waals surface area (Å²) in [6.07, 6.45) is -2.10. The van der Waals surface area contributed by atoms with Crippen molar-refractivity contribution in [2.24, 2.45) is 0 Å². The molecule has 36 heavy (non-hydrogen) atoms. The molecule has 3 rings (SSSR count). The van der Waals surface area contributed by atoms with Crippen LogP contribution in [-0.2, 0) is 32.5 Å². The lowest BCUT2D eigenvalue weighted by Gasteiger charge is -2.32. The van der Waals surface area contributed by atoms with Gasteiger partial charge in [-0.15, -0.1) is 0 Å². The van der Waals surface area contributed by atoms with Crippen LogP contribution in [0.5, 0.6) is 0 Å². The van der Waals surface area contributed by atoms with E-state index in [9.17, 15) is 23.4 Å². The monoisotopic (exact) mass is 513 g/mol. The number of rotatable bonds is 13. The van der Waals surface area contributed by atoms with Crippen molar-refractivity contribution in [1.29, 1.82) is 0 Å². The zero-order valence-corrected chi connectivity index (χ0v) is 20.7. The molecule has 0 radical (unpaired) electrons. The molecule has 8 nitrogen and oxygen atoms in total. The Kier molecular flexibility index (Phi) is 10.4. The number of carbonyl (C=O) groups is 1. The molecule has 0 aliphatic carbocycles. The summed E-state index contributed by atoms with van der Waals surface area (Å²) >= 11 is 0. The van der Waals surface area contributed by atoms with Gasteiger partial charge in [0.1, 0.15) is 6.61 Å². The van der Waals surface area contributed by atoms with Crippen LogP contribution in [0.15, 0.2) is 95.9 Å². The molecule has 192 valence electrons. The minimum Gasteiger partial charge on any atom is -0.445 e. The smallest absolute Gasteiger partial charge is 0.410 e. The first-order valence-corrected chi connectivity index (χ1v) is 13.2. The van der Waals surface area contributed by atoms with E-state index >= 15 is 0 Å². The van der Waals surface area contributed by atoms with Gasteiger partial charge in [0.15, 0.2) is 9.84 Å². The molecular formula is C27H31NO7S. The van der Waals surface area contributed by atoms with Gasteiger partial charge in [-0.25, -0.2) is 13.2 Å². The molecule has 2 N–H and O–H groups in total. The molecule has 0 fully saturated rings. The van der Waals surface area contributed by atoms with Crippen LogP contribution in [0.4, 0.5) is 4.79 Å². The number of hydrogen-bond acceptors (Lipinski definition) is 7. The maximum atomic E-state index is 13.2. The van der Waals surface area contributed by atoms with E-state index < -0.39 is 40.4 Å². The number of aliphatic hydroxyl groups is 2. The van der Waals surface area contributed by atoms with Crippen LogP contribution in [0.2, 0.25) is 0 Å². The molecule has 9 heteroatoms. The summed E-state index contributed by atoms with van der Waals surface area (Å²) in [4.78, 5) is 14.4. The first-order valence-electron chi connectivity index (χ1n) is 11.5. The zero-order valence-electron chi connectivity index (χ0n) is 19.8. The van der Waals surface area contributed by atoms with Gasteiger partial charge >= 0.3 is 6.09 Å². The van der Waals surface area contributed by atoms with Crippen LogP contribution in [0.25, 0.3) is 0 Å². The highest BCUT2D eigenvalue weighted by atomic mass is 32.2. The van der Waals surface area contributed by atoms with Gasteiger partial charge in [0.2, 0.25) is 0 Å². The molecule has 3 aromatic rings. The first-order chi connectivity index (χ1) is 17.4. The number of amides is 1. The second kappa shape index (κ2) is 13.7. The number of aliphatic hydroxyl groups excluding tert-OH is 2. The van der Waals surface area contributed by atoms with Gasteiger partial charge in [-0.1, -0.05) is 78.9 Å². The summed E-state index contributed by atoms with van der Waals surface area (Å²) in [6, 6.07) is 25.3. The highest BCUT2D eigenvalue weighted by Gasteiger charge is 2.32. The molecular weight excluding hydrogens is 482 g/mol. The third-order valence-electron chi connectivity index (χ3n) is 5.43. The normalized spacial score (nSPS) is 13.1. The fourth-order valence-corrected chi connectivity index (χ4v) is 5.10. The number of nitrogens with zero attached hydrogens (tertiary/aromatic N) is 1. The van der Waals surface area contributed by atoms with E-state index in [2.05, 4.69) is 0 Å². The van der Waals surface area contributed by atoms with E-state index in [4.69, 9.17) is 9.47 Å². The predicted octanol–water partition coefficient (Wildman–Crippen LogP) is 3.04. The number of ether oxygens (including phenoxy) is 2. The summed E-state index contributed by atoms with van der Waals surface area (Å²) in [6.45, 7) is -0.883. The molecule has 0 spiro atoms. The Morgan fingerprint density at radius 3 is 1.92 bits per heavy atom. The molecule has 0 aliphatic heterocycles. The predicted molar refractivity (Wildman–Crippen MR) is 135 cm³/mol. The summed E-state index contributed by atoms with van der Waals surface area (Å²) in [5, 5.41) is 19.6. The third kappa shape index (κ3) is 8.46. The van der Waals surface area contributed by atoms with E-state index in [1.807, 2.05) is 48.5 Å². The van der Waals surface area contributed by atoms with E-state index in [0.717, 1.165) is 16.0 Å². The Balaban J connectivity index is 1.82. The molecule has 1 amide bonds. The van der Waals surface area contributed by atoms with Crippen molar-refractivity contribution in [2.75, 3.05) is 25.5 Å². The number of benzene rings is 3. The highest BCUT2D eigenvalue weighted by molar-refractivity contribution is 7.91. The minimum absolute atomic E-state index is 0.0333. The number of sulfone groups is 1. The molecule has 0 saturated heterocycles. The van der Waals surface area contributed by atoms with Crippen LogP contribution < -0.4 is 0 Å². The zero-order chi connectivity index (χ0) is 25.8. The van der Waals surface area contributed by atoms with Gasteiger partial charge in [-0.05, 0) is 23.3 Å². The molecule has 2 atom stereocenters. The first kappa shape index (κ1) is 27.3. The van der Waals surface area contributed by atoms with Crippen LogP contribution >= 0.6 is 0 Å². The number of carbonyl (C=O) groups excluding carboxylic acids is 1. The molecule has 0 bridgehead atoms. The lowest BCUT2D eigenvalue weighted by Crippen LogP contribution is -2.50. The summed E-state index contributed by atoms with van der Waals surface area (Å²) in [5.41, 5.74) is 1.64. The standard InChI is InChI=1S/C27H31NO7S/c29-17-25(30)16-28(27(31)35-19-23-12-6-2-7-13-23)24(20-34-18-22-10-4-1-5-11-22)21-36(32,33)26-14-8-3-9-15-26/h1-15,24-25,29-30H,16-21H2/t24-,25+/m1/s1. The molecule has 0 unspecified atom stereocenters. The minimum atomic E-state index is -3.82. The van der Waals surface area contributed by atoms with Crippen molar-refractivity contribution in [3.8, 4) is 0 Å². The van der Waals surface area contributed by atoms with E-state index in [0.29, 0.717) is 0 Å². The van der Waals surface area contributed by atoms with Gasteiger partial charge in [-0.2, -0.15) is 0 Å². The Labute approximate surface area is 211 Å². The van der Waals surface area contributed by atoms with E-state index in [1.54, 1.807) is 30.3 Å². The van der Waals surface area contributed by atoms with Crippen molar-refractivity contribution >= 4 is 15.9 Å². The molecule has 0 saturated carbocycles. The van der Waals surface area contributed by atoms with Crippen molar-refractivity contribution < 1.29 is 32.9 Å². The Morgan fingerprint density at radius 2 is 1.36 bits per heavy atom. The van der Waals surface area contributed by atoms with Gasteiger partial charge in [-0.3, -0.25) is 4.90 Å². The quantitative estimate of drug-likeness (QED) is 0.361. The van der Waals surface area contributed by atoms with Crippen LogP contribution in [0.3, 0.4) is 0 Å². The van der Waals surface area contributed by atoms with Gasteiger partial charge in [0.25, 0.3) is 0 Å². The van der Waals surface area contributed by atoms with Crippen LogP contribution in [0, 0.1) is 0 Å². The number of hydrogen-bond donors (Lipinski definition) is 2. The molecule has 3 aromatic carbocycles. The van der Waals surface area contributed by atoms with Crippen LogP contribution in [-0.4, -0.2) is 67.3 Å². The summed E-state index contributed by atoms with van der Waals surface area (Å²) < 4.78 is 37.6. The third-order valence-corrected chi connectivity index (χ3v) is 7.25. The van der Waals surface area contributed by atoms with Gasteiger partial charge in [0.05, 0.1) is 49.2 Å². The van der Waals surface area contributed by atoms with Crippen molar-refractivity contribution in [1.82, 2.24) is 4.90 Å². The van der Waals surface area contributed by atoms with Crippen molar-refractivity contribution in [3.63, 3.8) is 0 Å². The molecule has 0 aromatic heterocycles. The largest absolute Gasteiger partial charge is 0.445 e. The topological polar surface area (TPSA) is 113 Å². The molecule has 0 aliphatic rings. The second-order valence-electron chi connectivity index (χ2n) is 8.28. The summed E-state index contributed by atoms with van der Waals surface area (Å²) in [7, 11) is -3.82. The van der Waals surface area contributed by atoms with Gasteiger partial charge < -0.3 is 19.7 Å². The Bertz CT molecular complexity index is 1160. The highest BCUT2D eigenvalue weighted by Crippen LogP contribution is 2.17. The lowest BCUT2D eigenvalue weighted by atomic mass is 10.2. The summed E-state index contributed by atoms with van der Waals surface area (Å²) in [5.74, 6) is -0.454. The van der Waals surface area contributed by atoms with Gasteiger partial charge in [0, 0.05) is 0 Å². The Hall–Kier alpha value is -3.24. The average molecular weight is 514 g/mol. The van der Waals surface area contributed by atoms with Crippen molar-refractivity contribution in [2.45, 2.75) is 30.3 Å². The maximum Gasteiger partial charge on any atom is 0.410 e. The fourth-order valence-electron chi connectivity index (χ4n) is 3.55. The fraction of sp³-hybridized carbons (Fsp3) is 0.296. The van der Waals surface area contributed by atoms with E-state index in [-0.39, 0.29) is 31.3 Å². The average Bonchev–Trinajstić information content (AvgIpc) is 2.91. The van der Waals surface area contributed by atoms with Crippen LogP contribution in [0.1, 0.15) is 11.1 Å². The second-order valence-corrected chi connectivity index (χ2v) is 10.3. The van der Waals surface area contributed by atoms with E-state index in [1.165, 1.54) is 12.1 Å². The Morgan fingerprint density at radius 1 is 0.833 bits per heavy atom. The maximum absolute atomic E-state index is 13.2. The lowest BCUT2D eigenvalue weighted by molar-refractivity contribution is 0.00935.